The molecule has 1 unspecified atom stereocenters. The number of nitrogens with one attached hydrogen (secondary N) is 1. The van der Waals surface area contributed by atoms with E-state index in [-0.39, 0.29) is 4.75 Å². The monoisotopic (exact) mass is 307 g/mol. The summed E-state index contributed by atoms with van der Waals surface area (Å²) >= 11 is 1.91. The predicted octanol–water partition coefficient (Wildman–Crippen LogP) is 3.61. The van der Waals surface area contributed by atoms with Crippen molar-refractivity contribution in [3.05, 3.63) is 23.3 Å². The number of rotatable bonds is 5. The first-order valence-electron chi connectivity index (χ1n) is 8.04. The maximum absolute atomic E-state index is 4.79. The molecule has 1 aliphatic rings. The molecule has 4 heteroatoms. The summed E-state index contributed by atoms with van der Waals surface area (Å²) in [6.45, 7) is 12.2. The second-order valence-electron chi connectivity index (χ2n) is 7.33. The van der Waals surface area contributed by atoms with Gasteiger partial charge in [0.1, 0.15) is 5.82 Å². The molecule has 0 saturated carbocycles. The van der Waals surface area contributed by atoms with Crippen LogP contribution < -0.4 is 5.32 Å². The molecule has 2 rings (SSSR count). The Morgan fingerprint density at radius 3 is 2.81 bits per heavy atom. The highest BCUT2D eigenvalue weighted by molar-refractivity contribution is 7.99. The van der Waals surface area contributed by atoms with Crippen molar-refractivity contribution in [1.29, 1.82) is 0 Å². The van der Waals surface area contributed by atoms with Gasteiger partial charge in [-0.3, -0.25) is 0 Å². The molecule has 0 aromatic carbocycles. The van der Waals surface area contributed by atoms with E-state index in [9.17, 15) is 0 Å². The lowest BCUT2D eigenvalue weighted by Crippen LogP contribution is -2.32. The first kappa shape index (κ1) is 16.8. The van der Waals surface area contributed by atoms with E-state index < -0.39 is 0 Å². The molecule has 1 atom stereocenters. The number of fused-ring (bicyclic) bond motifs is 1. The third kappa shape index (κ3) is 5.59. The van der Waals surface area contributed by atoms with Crippen molar-refractivity contribution in [2.24, 2.45) is 5.92 Å². The van der Waals surface area contributed by atoms with Crippen LogP contribution in [0.3, 0.4) is 0 Å². The molecule has 21 heavy (non-hydrogen) atoms. The van der Waals surface area contributed by atoms with Gasteiger partial charge < -0.3 is 5.32 Å². The average Bonchev–Trinajstić information content (AvgIpc) is 2.41. The molecule has 0 bridgehead atoms. The van der Waals surface area contributed by atoms with Gasteiger partial charge in [-0.25, -0.2) is 9.97 Å². The van der Waals surface area contributed by atoms with Crippen LogP contribution >= 0.6 is 11.8 Å². The van der Waals surface area contributed by atoms with Crippen molar-refractivity contribution in [3.63, 3.8) is 0 Å². The summed E-state index contributed by atoms with van der Waals surface area (Å²) in [5.74, 6) is 2.64. The molecule has 0 radical (unpaired) electrons. The molecule has 0 aliphatic heterocycles. The van der Waals surface area contributed by atoms with E-state index in [4.69, 9.17) is 4.98 Å². The van der Waals surface area contributed by atoms with Crippen LogP contribution in [0.4, 0.5) is 0 Å². The molecular weight excluding hydrogens is 278 g/mol. The highest BCUT2D eigenvalue weighted by atomic mass is 32.2. The molecule has 1 N–H and O–H groups in total. The van der Waals surface area contributed by atoms with E-state index in [1.807, 2.05) is 11.8 Å². The summed E-state index contributed by atoms with van der Waals surface area (Å²) in [6, 6.07) is 0.569. The van der Waals surface area contributed by atoms with Crippen molar-refractivity contribution < 1.29 is 0 Å². The van der Waals surface area contributed by atoms with Crippen molar-refractivity contribution >= 4 is 11.8 Å². The van der Waals surface area contributed by atoms with E-state index in [1.165, 1.54) is 17.7 Å². The highest BCUT2D eigenvalue weighted by Gasteiger charge is 2.21. The molecule has 0 fully saturated rings. The predicted molar refractivity (Wildman–Crippen MR) is 91.7 cm³/mol. The summed E-state index contributed by atoms with van der Waals surface area (Å²) < 4.78 is 0.271. The third-order valence-corrected chi connectivity index (χ3v) is 5.02. The molecule has 118 valence electrons. The zero-order chi connectivity index (χ0) is 15.5. The van der Waals surface area contributed by atoms with Crippen LogP contribution in [-0.4, -0.2) is 27.3 Å². The average molecular weight is 308 g/mol. The summed E-state index contributed by atoms with van der Waals surface area (Å²) in [6.07, 6.45) is 5.55. The number of hydrogen-bond donors (Lipinski definition) is 1. The Kier molecular flexibility index (Phi) is 5.67. The van der Waals surface area contributed by atoms with Crippen molar-refractivity contribution in [2.45, 2.75) is 70.4 Å². The maximum Gasteiger partial charge on any atom is 0.138 e. The first-order chi connectivity index (χ1) is 9.83. The molecule has 0 amide bonds. The Morgan fingerprint density at radius 2 is 2.14 bits per heavy atom. The minimum absolute atomic E-state index is 0.271. The topological polar surface area (TPSA) is 37.8 Å². The van der Waals surface area contributed by atoms with Gasteiger partial charge in [0.2, 0.25) is 0 Å². The lowest BCUT2D eigenvalue weighted by molar-refractivity contribution is 0.402. The van der Waals surface area contributed by atoms with Crippen LogP contribution in [0, 0.1) is 5.92 Å². The lowest BCUT2D eigenvalue weighted by Gasteiger charge is -2.25. The molecule has 1 aliphatic carbocycles. The van der Waals surface area contributed by atoms with E-state index in [0.29, 0.717) is 6.04 Å². The quantitative estimate of drug-likeness (QED) is 0.902. The Bertz CT molecular complexity index is 466. The van der Waals surface area contributed by atoms with Gasteiger partial charge in [-0.05, 0) is 37.3 Å². The van der Waals surface area contributed by atoms with Crippen LogP contribution in [0.5, 0.6) is 0 Å². The van der Waals surface area contributed by atoms with E-state index in [1.54, 1.807) is 0 Å². The Hall–Kier alpha value is -0.610. The standard InChI is InChI=1S/C17H29N3S/c1-12(2)18-9-13-6-7-15-14(8-13)10-19-16(20-15)11-21-17(3,4)5/h10,12-13,18H,6-9,11H2,1-5H3. The normalized spacial score (nSPS) is 18.9. The first-order valence-corrected chi connectivity index (χ1v) is 9.03. The van der Waals surface area contributed by atoms with Gasteiger partial charge in [0.25, 0.3) is 0 Å². The maximum atomic E-state index is 4.79. The fourth-order valence-electron chi connectivity index (χ4n) is 2.55. The van der Waals surface area contributed by atoms with Gasteiger partial charge in [0.15, 0.2) is 0 Å². The molecule has 0 saturated heterocycles. The SMILES string of the molecule is CC(C)NCC1CCc2nc(CSC(C)(C)C)ncc2C1. The molecule has 0 spiro atoms. The number of aromatic nitrogens is 2. The van der Waals surface area contributed by atoms with Gasteiger partial charge in [0.05, 0.1) is 5.75 Å². The highest BCUT2D eigenvalue weighted by Crippen LogP contribution is 2.28. The summed E-state index contributed by atoms with van der Waals surface area (Å²) in [4.78, 5) is 9.37. The Balaban J connectivity index is 1.94. The van der Waals surface area contributed by atoms with Crippen LogP contribution in [-0.2, 0) is 18.6 Å². The lowest BCUT2D eigenvalue weighted by atomic mass is 9.87. The van der Waals surface area contributed by atoms with Gasteiger partial charge in [-0.1, -0.05) is 34.6 Å². The number of nitrogens with zero attached hydrogens (tertiary/aromatic N) is 2. The van der Waals surface area contributed by atoms with Gasteiger partial charge in [-0.15, -0.1) is 11.8 Å². The molecule has 1 heterocycles. The van der Waals surface area contributed by atoms with E-state index >= 15 is 0 Å². The molecule has 1 aromatic heterocycles. The Morgan fingerprint density at radius 1 is 1.38 bits per heavy atom. The van der Waals surface area contributed by atoms with Gasteiger partial charge in [-0.2, -0.15) is 0 Å². The minimum atomic E-state index is 0.271. The van der Waals surface area contributed by atoms with Crippen LogP contribution in [0.1, 0.15) is 58.1 Å². The van der Waals surface area contributed by atoms with Gasteiger partial charge in [0, 0.05) is 22.7 Å². The number of thioether (sulfide) groups is 1. The zero-order valence-electron chi connectivity index (χ0n) is 14.1. The van der Waals surface area contributed by atoms with Crippen LogP contribution in [0.25, 0.3) is 0 Å². The van der Waals surface area contributed by atoms with Crippen molar-refractivity contribution in [1.82, 2.24) is 15.3 Å². The molecular formula is C17H29N3S. The smallest absolute Gasteiger partial charge is 0.138 e. The van der Waals surface area contributed by atoms with Crippen molar-refractivity contribution in [3.8, 4) is 0 Å². The largest absolute Gasteiger partial charge is 0.314 e. The van der Waals surface area contributed by atoms with E-state index in [2.05, 4.69) is 51.1 Å². The fraction of sp³-hybridized carbons (Fsp3) is 0.765. The summed E-state index contributed by atoms with van der Waals surface area (Å²) in [5.41, 5.74) is 2.65. The second-order valence-corrected chi connectivity index (χ2v) is 9.13. The zero-order valence-corrected chi connectivity index (χ0v) is 14.9. The van der Waals surface area contributed by atoms with Crippen molar-refractivity contribution in [2.75, 3.05) is 6.54 Å². The van der Waals surface area contributed by atoms with Gasteiger partial charge >= 0.3 is 0 Å². The number of hydrogen-bond acceptors (Lipinski definition) is 4. The number of aryl methyl sites for hydroxylation is 1. The molecule has 1 aromatic rings. The summed E-state index contributed by atoms with van der Waals surface area (Å²) in [7, 11) is 0. The fourth-order valence-corrected chi connectivity index (χ4v) is 3.25. The van der Waals surface area contributed by atoms with Crippen LogP contribution in [0.15, 0.2) is 6.20 Å². The van der Waals surface area contributed by atoms with E-state index in [0.717, 1.165) is 36.9 Å². The second kappa shape index (κ2) is 7.10. The third-order valence-electron chi connectivity index (χ3n) is 3.75. The minimum Gasteiger partial charge on any atom is -0.314 e. The summed E-state index contributed by atoms with van der Waals surface area (Å²) in [5, 5.41) is 3.55. The molecule has 3 nitrogen and oxygen atoms in total. The van der Waals surface area contributed by atoms with Crippen LogP contribution in [0.2, 0.25) is 0 Å². The Labute approximate surface area is 133 Å².